The zero-order valence-electron chi connectivity index (χ0n) is 8.30. The zero-order chi connectivity index (χ0) is 9.03. The van der Waals surface area contributed by atoms with Crippen molar-refractivity contribution in [3.05, 3.63) is 0 Å². The van der Waals surface area contributed by atoms with Crippen LogP contribution in [0.2, 0.25) is 0 Å². The lowest BCUT2D eigenvalue weighted by molar-refractivity contribution is -0.393. The molecular weight excluding hydrogens is 154 g/mol. The van der Waals surface area contributed by atoms with E-state index in [0.717, 1.165) is 12.8 Å². The molecule has 0 N–H and O–H groups in total. The molecule has 1 aliphatic carbocycles. The van der Waals surface area contributed by atoms with E-state index in [4.69, 9.17) is 9.68 Å². The van der Waals surface area contributed by atoms with Gasteiger partial charge in [0.05, 0.1) is 19.8 Å². The summed E-state index contributed by atoms with van der Waals surface area (Å²) in [6.07, 6.45) is 6.22. The third kappa shape index (κ3) is 1.97. The Bertz CT molecular complexity index is 128. The van der Waals surface area contributed by atoms with Gasteiger partial charge in [0.1, 0.15) is 0 Å². The minimum atomic E-state index is 0.0851. The Hall–Kier alpha value is -0.120. The molecule has 0 amide bonds. The third-order valence-electron chi connectivity index (χ3n) is 2.70. The predicted octanol–water partition coefficient (Wildman–Crippen LogP) is 2.13. The van der Waals surface area contributed by atoms with Crippen molar-refractivity contribution in [3.63, 3.8) is 0 Å². The molecule has 1 rings (SSSR count). The summed E-state index contributed by atoms with van der Waals surface area (Å²) in [6, 6.07) is 0. The van der Waals surface area contributed by atoms with Crippen molar-refractivity contribution >= 4 is 0 Å². The predicted molar refractivity (Wildman–Crippen MR) is 47.3 cm³/mol. The van der Waals surface area contributed by atoms with Gasteiger partial charge in [0.2, 0.25) is 0 Å². The van der Waals surface area contributed by atoms with E-state index in [2.05, 4.69) is 6.92 Å². The third-order valence-corrected chi connectivity index (χ3v) is 2.70. The maximum atomic E-state index is 5.15. The summed E-state index contributed by atoms with van der Waals surface area (Å²) in [5, 5.41) is 1.63. The van der Waals surface area contributed by atoms with Gasteiger partial charge in [-0.2, -0.15) is 0 Å². The van der Waals surface area contributed by atoms with Crippen molar-refractivity contribution < 1.29 is 9.68 Å². The van der Waals surface area contributed by atoms with Crippen molar-refractivity contribution in [1.82, 2.24) is 5.23 Å². The molecule has 1 saturated carbocycles. The topological polar surface area (TPSA) is 21.7 Å². The zero-order valence-corrected chi connectivity index (χ0v) is 8.30. The summed E-state index contributed by atoms with van der Waals surface area (Å²) >= 11 is 0. The van der Waals surface area contributed by atoms with Gasteiger partial charge in [-0.25, -0.2) is 0 Å². The van der Waals surface area contributed by atoms with Crippen molar-refractivity contribution in [2.24, 2.45) is 0 Å². The van der Waals surface area contributed by atoms with E-state index in [1.54, 1.807) is 19.4 Å². The molecule has 0 aromatic rings. The highest BCUT2D eigenvalue weighted by atomic mass is 16.9. The second kappa shape index (κ2) is 4.21. The van der Waals surface area contributed by atoms with Crippen LogP contribution < -0.4 is 0 Å². The Morgan fingerprint density at radius 2 is 1.50 bits per heavy atom. The van der Waals surface area contributed by atoms with E-state index in [1.165, 1.54) is 19.3 Å². The van der Waals surface area contributed by atoms with E-state index in [0.29, 0.717) is 0 Å². The van der Waals surface area contributed by atoms with Crippen LogP contribution in [0.25, 0.3) is 0 Å². The van der Waals surface area contributed by atoms with Gasteiger partial charge in [-0.1, -0.05) is 24.5 Å². The fourth-order valence-corrected chi connectivity index (χ4v) is 2.01. The summed E-state index contributed by atoms with van der Waals surface area (Å²) in [4.78, 5) is 10.3. The number of nitrogens with zero attached hydrogens (tertiary/aromatic N) is 1. The maximum Gasteiger partial charge on any atom is 0.0709 e. The van der Waals surface area contributed by atoms with E-state index in [9.17, 15) is 0 Å². The molecular formula is C9H19NO2. The first-order chi connectivity index (χ1) is 5.73. The van der Waals surface area contributed by atoms with Crippen LogP contribution in [0.3, 0.4) is 0 Å². The summed E-state index contributed by atoms with van der Waals surface area (Å²) in [6.45, 7) is 2.19. The van der Waals surface area contributed by atoms with Crippen LogP contribution in [-0.4, -0.2) is 25.0 Å². The lowest BCUT2D eigenvalue weighted by Gasteiger charge is -2.39. The summed E-state index contributed by atoms with van der Waals surface area (Å²) in [7, 11) is 3.31. The Kier molecular flexibility index (Phi) is 3.50. The smallest absolute Gasteiger partial charge is 0.0709 e. The normalized spacial score (nSPS) is 23.0. The molecule has 12 heavy (non-hydrogen) atoms. The quantitative estimate of drug-likeness (QED) is 0.610. The first-order valence-electron chi connectivity index (χ1n) is 4.61. The minimum absolute atomic E-state index is 0.0851. The largest absolute Gasteiger partial charge is 0.277 e. The SMILES string of the molecule is CON(OC)C1(C)CCCCC1. The van der Waals surface area contributed by atoms with Crippen molar-refractivity contribution in [2.45, 2.75) is 44.6 Å². The molecule has 1 fully saturated rings. The first-order valence-corrected chi connectivity index (χ1v) is 4.61. The molecule has 0 bridgehead atoms. The number of hydrogen-bond donors (Lipinski definition) is 0. The van der Waals surface area contributed by atoms with Gasteiger partial charge in [0.15, 0.2) is 0 Å². The highest BCUT2D eigenvalue weighted by Gasteiger charge is 2.34. The van der Waals surface area contributed by atoms with E-state index in [-0.39, 0.29) is 5.54 Å². The molecule has 0 unspecified atom stereocenters. The van der Waals surface area contributed by atoms with Gasteiger partial charge in [-0.3, -0.25) is 9.68 Å². The van der Waals surface area contributed by atoms with Crippen LogP contribution in [0.5, 0.6) is 0 Å². The van der Waals surface area contributed by atoms with Gasteiger partial charge in [0.25, 0.3) is 0 Å². The van der Waals surface area contributed by atoms with Crippen molar-refractivity contribution in [2.75, 3.05) is 14.2 Å². The molecule has 3 nitrogen and oxygen atoms in total. The molecule has 0 spiro atoms. The van der Waals surface area contributed by atoms with Crippen LogP contribution in [0.1, 0.15) is 39.0 Å². The average molecular weight is 173 g/mol. The second-order valence-corrected chi connectivity index (χ2v) is 3.68. The van der Waals surface area contributed by atoms with Gasteiger partial charge in [-0.05, 0) is 19.8 Å². The first kappa shape index (κ1) is 9.96. The molecule has 0 saturated heterocycles. The molecule has 0 aromatic heterocycles. The van der Waals surface area contributed by atoms with Gasteiger partial charge >= 0.3 is 0 Å². The summed E-state index contributed by atoms with van der Waals surface area (Å²) < 4.78 is 0. The van der Waals surface area contributed by atoms with Crippen LogP contribution in [0.4, 0.5) is 0 Å². The Balaban J connectivity index is 2.53. The molecule has 1 aliphatic rings. The van der Waals surface area contributed by atoms with Gasteiger partial charge in [0, 0.05) is 0 Å². The lowest BCUT2D eigenvalue weighted by atomic mass is 9.84. The summed E-state index contributed by atoms with van der Waals surface area (Å²) in [5.74, 6) is 0. The molecule has 0 radical (unpaired) electrons. The van der Waals surface area contributed by atoms with Crippen LogP contribution in [0, 0.1) is 0 Å². The number of rotatable bonds is 3. The highest BCUT2D eigenvalue weighted by molar-refractivity contribution is 4.82. The van der Waals surface area contributed by atoms with Gasteiger partial charge < -0.3 is 0 Å². The molecule has 72 valence electrons. The lowest BCUT2D eigenvalue weighted by Crippen LogP contribution is -2.46. The highest BCUT2D eigenvalue weighted by Crippen LogP contribution is 2.33. The Morgan fingerprint density at radius 1 is 1.00 bits per heavy atom. The average Bonchev–Trinajstić information content (AvgIpc) is 2.07. The van der Waals surface area contributed by atoms with Crippen molar-refractivity contribution in [3.8, 4) is 0 Å². The number of hydroxylamine groups is 2. The second-order valence-electron chi connectivity index (χ2n) is 3.68. The maximum absolute atomic E-state index is 5.15. The monoisotopic (exact) mass is 173 g/mol. The van der Waals surface area contributed by atoms with Gasteiger partial charge in [-0.15, -0.1) is 0 Å². The molecule has 0 heterocycles. The standard InChI is InChI=1S/C9H19NO2/c1-9(10(11-2)12-3)7-5-4-6-8-9/h4-8H2,1-3H3. The van der Waals surface area contributed by atoms with Crippen molar-refractivity contribution in [1.29, 1.82) is 0 Å². The van der Waals surface area contributed by atoms with E-state index in [1.807, 2.05) is 0 Å². The van der Waals surface area contributed by atoms with Crippen LogP contribution in [0.15, 0.2) is 0 Å². The Labute approximate surface area is 74.5 Å². The molecule has 3 heteroatoms. The summed E-state index contributed by atoms with van der Waals surface area (Å²) in [5.41, 5.74) is 0.0851. The fourth-order valence-electron chi connectivity index (χ4n) is 2.01. The number of hydrogen-bond acceptors (Lipinski definition) is 3. The van der Waals surface area contributed by atoms with E-state index < -0.39 is 0 Å². The molecule has 0 atom stereocenters. The Morgan fingerprint density at radius 3 is 1.92 bits per heavy atom. The minimum Gasteiger partial charge on any atom is -0.277 e. The molecule has 0 aromatic carbocycles. The fraction of sp³-hybridized carbons (Fsp3) is 1.00. The van der Waals surface area contributed by atoms with Crippen LogP contribution in [-0.2, 0) is 9.68 Å². The van der Waals surface area contributed by atoms with Crippen LogP contribution >= 0.6 is 0 Å². The van der Waals surface area contributed by atoms with E-state index >= 15 is 0 Å². The molecule has 0 aliphatic heterocycles.